The van der Waals surface area contributed by atoms with E-state index in [1.54, 1.807) is 0 Å². The van der Waals surface area contributed by atoms with Gasteiger partial charge in [-0.2, -0.15) is 0 Å². The number of piperidine rings is 1. The second-order valence-corrected chi connectivity index (χ2v) is 7.66. The minimum atomic E-state index is -0.152. The molecule has 0 radical (unpaired) electrons. The third-order valence-corrected chi connectivity index (χ3v) is 6.45. The van der Waals surface area contributed by atoms with Crippen molar-refractivity contribution in [2.45, 2.75) is 44.8 Å². The summed E-state index contributed by atoms with van der Waals surface area (Å²) in [6, 6.07) is 8.67. The Morgan fingerprint density at radius 3 is 2.81 bits per heavy atom. The SMILES string of the molecule is CCN1C(=O)COC2(CCN(CCc3c[nH]c4ccccc34)CC2)C1C. The Hall–Kier alpha value is -1.85. The van der Waals surface area contributed by atoms with Crippen molar-refractivity contribution in [3.63, 3.8) is 0 Å². The molecule has 2 aliphatic rings. The van der Waals surface area contributed by atoms with Crippen LogP contribution >= 0.6 is 0 Å². The van der Waals surface area contributed by atoms with Gasteiger partial charge < -0.3 is 19.5 Å². The number of rotatable bonds is 4. The predicted octanol–water partition coefficient (Wildman–Crippen LogP) is 2.81. The number of likely N-dealkylation sites (tertiary alicyclic amines) is 1. The molecule has 1 N–H and O–H groups in total. The molecular formula is C21H29N3O2. The number of carbonyl (C=O) groups is 1. The van der Waals surface area contributed by atoms with E-state index in [1.807, 2.05) is 4.90 Å². The third kappa shape index (κ3) is 3.03. The summed E-state index contributed by atoms with van der Waals surface area (Å²) in [5.74, 6) is 0.132. The normalized spacial score (nSPS) is 23.8. The number of H-pyrrole nitrogens is 1. The van der Waals surface area contributed by atoms with Gasteiger partial charge in [-0.05, 0) is 44.7 Å². The summed E-state index contributed by atoms with van der Waals surface area (Å²) in [4.78, 5) is 20.0. The molecule has 2 aliphatic heterocycles. The van der Waals surface area contributed by atoms with Crippen LogP contribution in [0.25, 0.3) is 10.9 Å². The van der Waals surface area contributed by atoms with Gasteiger partial charge in [-0.25, -0.2) is 0 Å². The van der Waals surface area contributed by atoms with Crippen LogP contribution in [0.1, 0.15) is 32.3 Å². The molecule has 0 aliphatic carbocycles. The van der Waals surface area contributed by atoms with E-state index >= 15 is 0 Å². The minimum absolute atomic E-state index is 0.132. The lowest BCUT2D eigenvalue weighted by Gasteiger charge is -2.51. The third-order valence-electron chi connectivity index (χ3n) is 6.45. The number of aromatic amines is 1. The summed E-state index contributed by atoms with van der Waals surface area (Å²) in [6.45, 7) is 8.38. The number of fused-ring (bicyclic) bond motifs is 1. The number of likely N-dealkylation sites (N-methyl/N-ethyl adjacent to an activating group) is 1. The molecule has 1 aromatic heterocycles. The average Bonchev–Trinajstić information content (AvgIpc) is 3.08. The van der Waals surface area contributed by atoms with E-state index in [0.717, 1.165) is 45.4 Å². The van der Waals surface area contributed by atoms with Crippen LogP contribution in [0.3, 0.4) is 0 Å². The molecular weight excluding hydrogens is 326 g/mol. The number of benzene rings is 1. The van der Waals surface area contributed by atoms with E-state index in [0.29, 0.717) is 0 Å². The van der Waals surface area contributed by atoms with Crippen LogP contribution < -0.4 is 0 Å². The number of para-hydroxylation sites is 1. The quantitative estimate of drug-likeness (QED) is 0.917. The first-order valence-corrected chi connectivity index (χ1v) is 9.84. The van der Waals surface area contributed by atoms with Crippen molar-refractivity contribution in [3.05, 3.63) is 36.0 Å². The van der Waals surface area contributed by atoms with Gasteiger partial charge in [0.25, 0.3) is 0 Å². The van der Waals surface area contributed by atoms with E-state index < -0.39 is 0 Å². The maximum atomic E-state index is 12.1. The molecule has 0 saturated carbocycles. The van der Waals surface area contributed by atoms with Crippen molar-refractivity contribution >= 4 is 16.8 Å². The molecule has 0 bridgehead atoms. The average molecular weight is 355 g/mol. The standard InChI is InChI=1S/C21H29N3O2/c1-3-24-16(2)21(26-15-20(24)25)9-12-23(13-10-21)11-8-17-14-22-19-7-5-4-6-18(17)19/h4-7,14,16,22H,3,8-13,15H2,1-2H3. The van der Waals surface area contributed by atoms with Gasteiger partial charge in [-0.3, -0.25) is 4.79 Å². The summed E-state index contributed by atoms with van der Waals surface area (Å²) in [7, 11) is 0. The lowest BCUT2D eigenvalue weighted by molar-refractivity contribution is -0.185. The van der Waals surface area contributed by atoms with E-state index in [1.165, 1.54) is 16.5 Å². The molecule has 2 aromatic rings. The Balaban J connectivity index is 1.36. The van der Waals surface area contributed by atoms with Crippen molar-refractivity contribution in [1.82, 2.24) is 14.8 Å². The van der Waals surface area contributed by atoms with Crippen LogP contribution in [0.2, 0.25) is 0 Å². The highest BCUT2D eigenvalue weighted by Crippen LogP contribution is 2.35. The first kappa shape index (κ1) is 17.6. The van der Waals surface area contributed by atoms with Gasteiger partial charge in [0.1, 0.15) is 6.61 Å². The topological polar surface area (TPSA) is 48.6 Å². The van der Waals surface area contributed by atoms with Crippen molar-refractivity contribution < 1.29 is 9.53 Å². The van der Waals surface area contributed by atoms with Crippen LogP contribution in [-0.2, 0) is 16.0 Å². The van der Waals surface area contributed by atoms with E-state index in [-0.39, 0.29) is 24.2 Å². The van der Waals surface area contributed by atoms with Crippen molar-refractivity contribution in [2.24, 2.45) is 0 Å². The van der Waals surface area contributed by atoms with Crippen LogP contribution in [0.15, 0.2) is 30.5 Å². The van der Waals surface area contributed by atoms with Crippen LogP contribution in [-0.4, -0.2) is 65.1 Å². The number of ether oxygens (including phenoxy) is 1. The maximum absolute atomic E-state index is 12.1. The van der Waals surface area contributed by atoms with E-state index in [9.17, 15) is 4.79 Å². The van der Waals surface area contributed by atoms with Crippen LogP contribution in [0, 0.1) is 0 Å². The fourth-order valence-corrected chi connectivity index (χ4v) is 4.69. The number of amides is 1. The Morgan fingerprint density at radius 2 is 2.04 bits per heavy atom. The predicted molar refractivity (Wildman–Crippen MR) is 103 cm³/mol. The number of nitrogens with zero attached hydrogens (tertiary/aromatic N) is 2. The van der Waals surface area contributed by atoms with E-state index in [2.05, 4.69) is 54.2 Å². The number of carbonyl (C=O) groups excluding carboxylic acids is 1. The molecule has 1 amide bonds. The van der Waals surface area contributed by atoms with Gasteiger partial charge in [0.2, 0.25) is 5.91 Å². The van der Waals surface area contributed by atoms with Crippen LogP contribution in [0.5, 0.6) is 0 Å². The largest absolute Gasteiger partial charge is 0.363 e. The fourth-order valence-electron chi connectivity index (χ4n) is 4.69. The first-order valence-electron chi connectivity index (χ1n) is 9.84. The maximum Gasteiger partial charge on any atom is 0.248 e. The second-order valence-electron chi connectivity index (χ2n) is 7.66. The van der Waals surface area contributed by atoms with Crippen molar-refractivity contribution in [2.75, 3.05) is 32.8 Å². The monoisotopic (exact) mass is 355 g/mol. The molecule has 1 atom stereocenters. The summed E-state index contributed by atoms with van der Waals surface area (Å²) in [5, 5.41) is 1.34. The Bertz CT molecular complexity index is 776. The van der Waals surface area contributed by atoms with E-state index in [4.69, 9.17) is 4.74 Å². The lowest BCUT2D eigenvalue weighted by atomic mass is 9.82. The molecule has 140 valence electrons. The molecule has 3 heterocycles. The number of nitrogens with one attached hydrogen (secondary N) is 1. The summed E-state index contributed by atoms with van der Waals surface area (Å²) >= 11 is 0. The lowest BCUT2D eigenvalue weighted by Crippen LogP contribution is -2.63. The highest BCUT2D eigenvalue weighted by molar-refractivity contribution is 5.83. The molecule has 2 fully saturated rings. The Kier molecular flexibility index (Phi) is 4.76. The van der Waals surface area contributed by atoms with Crippen molar-refractivity contribution in [1.29, 1.82) is 0 Å². The van der Waals surface area contributed by atoms with Gasteiger partial charge in [-0.1, -0.05) is 18.2 Å². The van der Waals surface area contributed by atoms with Gasteiger partial charge in [-0.15, -0.1) is 0 Å². The molecule has 2 saturated heterocycles. The zero-order valence-electron chi connectivity index (χ0n) is 15.8. The molecule has 1 spiro atoms. The number of hydrogen-bond donors (Lipinski definition) is 1. The molecule has 1 aromatic carbocycles. The van der Waals surface area contributed by atoms with Crippen molar-refractivity contribution in [3.8, 4) is 0 Å². The number of aromatic nitrogens is 1. The first-order chi connectivity index (χ1) is 12.6. The molecule has 26 heavy (non-hydrogen) atoms. The summed E-state index contributed by atoms with van der Waals surface area (Å²) in [5.41, 5.74) is 2.46. The summed E-state index contributed by atoms with van der Waals surface area (Å²) in [6.07, 6.45) is 5.22. The molecule has 5 nitrogen and oxygen atoms in total. The fraction of sp³-hybridized carbons (Fsp3) is 0.571. The Labute approximate surface area is 155 Å². The number of hydrogen-bond acceptors (Lipinski definition) is 3. The molecule has 5 heteroatoms. The number of morpholine rings is 1. The van der Waals surface area contributed by atoms with Gasteiger partial charge in [0.05, 0.1) is 11.6 Å². The highest BCUT2D eigenvalue weighted by Gasteiger charge is 2.47. The van der Waals surface area contributed by atoms with Crippen LogP contribution in [0.4, 0.5) is 0 Å². The summed E-state index contributed by atoms with van der Waals surface area (Å²) < 4.78 is 6.10. The highest BCUT2D eigenvalue weighted by atomic mass is 16.5. The van der Waals surface area contributed by atoms with Gasteiger partial charge >= 0.3 is 0 Å². The molecule has 1 unspecified atom stereocenters. The molecule has 4 rings (SSSR count). The zero-order chi connectivity index (χ0) is 18.1. The van der Waals surface area contributed by atoms with Gasteiger partial charge in [0, 0.05) is 43.3 Å². The smallest absolute Gasteiger partial charge is 0.248 e. The van der Waals surface area contributed by atoms with Gasteiger partial charge in [0.15, 0.2) is 0 Å². The zero-order valence-corrected chi connectivity index (χ0v) is 15.8. The Morgan fingerprint density at radius 1 is 1.27 bits per heavy atom. The minimum Gasteiger partial charge on any atom is -0.363 e. The second kappa shape index (κ2) is 7.05.